The molecule has 1 aromatic heterocycles. The molecule has 0 atom stereocenters. The van der Waals surface area contributed by atoms with Crippen LogP contribution in [-0.4, -0.2) is 66.9 Å². The van der Waals surface area contributed by atoms with Gasteiger partial charge < -0.3 is 20.3 Å². The predicted octanol–water partition coefficient (Wildman–Crippen LogP) is 1.15. The topological polar surface area (TPSA) is 83.8 Å². The number of nitrogens with one attached hydrogen (secondary N) is 2. The van der Waals surface area contributed by atoms with Crippen LogP contribution < -0.4 is 10.6 Å². The molecule has 0 saturated heterocycles. The van der Waals surface area contributed by atoms with Gasteiger partial charge in [-0.3, -0.25) is 9.48 Å². The van der Waals surface area contributed by atoms with E-state index in [-0.39, 0.29) is 36.4 Å². The Morgan fingerprint density at radius 3 is 2.69 bits per heavy atom. The fourth-order valence-electron chi connectivity index (χ4n) is 2.19. The predicted molar refractivity (Wildman–Crippen MR) is 115 cm³/mol. The second-order valence-electron chi connectivity index (χ2n) is 5.91. The maximum Gasteiger partial charge on any atom is 0.241 e. The third-order valence-corrected chi connectivity index (χ3v) is 3.60. The molecular formula is C17H33IN6O2. The molecule has 1 amide bonds. The highest BCUT2D eigenvalue weighted by Gasteiger charge is 2.08. The van der Waals surface area contributed by atoms with Crippen molar-refractivity contribution in [3.05, 3.63) is 17.5 Å². The quantitative estimate of drug-likeness (QED) is 0.227. The van der Waals surface area contributed by atoms with Gasteiger partial charge in [0.1, 0.15) is 0 Å². The lowest BCUT2D eigenvalue weighted by Gasteiger charge is -2.15. The smallest absolute Gasteiger partial charge is 0.241 e. The molecule has 0 aliphatic rings. The second kappa shape index (κ2) is 13.8. The lowest BCUT2D eigenvalue weighted by atomic mass is 10.2. The van der Waals surface area contributed by atoms with E-state index in [1.165, 1.54) is 0 Å². The lowest BCUT2D eigenvalue weighted by Crippen LogP contribution is -2.43. The Kier molecular flexibility index (Phi) is 13.1. The van der Waals surface area contributed by atoms with Crippen LogP contribution in [0.25, 0.3) is 0 Å². The molecule has 1 heterocycles. The van der Waals surface area contributed by atoms with Gasteiger partial charge in [0, 0.05) is 52.7 Å². The molecule has 0 spiro atoms. The molecule has 0 aromatic carbocycles. The van der Waals surface area contributed by atoms with E-state index in [0.717, 1.165) is 37.3 Å². The zero-order chi connectivity index (χ0) is 18.7. The summed E-state index contributed by atoms with van der Waals surface area (Å²) in [5.74, 6) is 0.622. The minimum Gasteiger partial charge on any atom is -0.382 e. The Balaban J connectivity index is 0.00000625. The van der Waals surface area contributed by atoms with Crippen LogP contribution in [0.3, 0.4) is 0 Å². The number of aliphatic imine (C=N–C) groups is 1. The zero-order valence-electron chi connectivity index (χ0n) is 16.5. The van der Waals surface area contributed by atoms with Crippen LogP contribution >= 0.6 is 24.0 Å². The maximum absolute atomic E-state index is 11.8. The van der Waals surface area contributed by atoms with Crippen molar-refractivity contribution in [3.8, 4) is 0 Å². The van der Waals surface area contributed by atoms with E-state index in [4.69, 9.17) is 4.74 Å². The van der Waals surface area contributed by atoms with Gasteiger partial charge >= 0.3 is 0 Å². The summed E-state index contributed by atoms with van der Waals surface area (Å²) < 4.78 is 7.14. The van der Waals surface area contributed by atoms with Crippen molar-refractivity contribution >= 4 is 35.8 Å². The summed E-state index contributed by atoms with van der Waals surface area (Å²) in [6.45, 7) is 6.94. The van der Waals surface area contributed by atoms with Gasteiger partial charge in [0.2, 0.25) is 5.91 Å². The van der Waals surface area contributed by atoms with E-state index < -0.39 is 0 Å². The number of carbonyl (C=O) groups is 1. The van der Waals surface area contributed by atoms with Crippen molar-refractivity contribution in [2.24, 2.45) is 12.0 Å². The molecule has 2 N–H and O–H groups in total. The molecule has 1 rings (SSSR count). The summed E-state index contributed by atoms with van der Waals surface area (Å²) in [4.78, 5) is 17.9. The van der Waals surface area contributed by atoms with Crippen molar-refractivity contribution in [3.63, 3.8) is 0 Å². The van der Waals surface area contributed by atoms with E-state index in [1.54, 1.807) is 19.0 Å². The highest BCUT2D eigenvalue weighted by molar-refractivity contribution is 14.0. The Labute approximate surface area is 173 Å². The summed E-state index contributed by atoms with van der Waals surface area (Å²) in [7, 11) is 5.38. The molecule has 0 fully saturated rings. The molecule has 0 radical (unpaired) electrons. The van der Waals surface area contributed by atoms with Crippen LogP contribution in [-0.2, 0) is 29.5 Å². The van der Waals surface area contributed by atoms with Crippen LogP contribution in [0.4, 0.5) is 0 Å². The molecule has 0 aliphatic carbocycles. The third kappa shape index (κ3) is 9.37. The van der Waals surface area contributed by atoms with Crippen LogP contribution in [0.5, 0.6) is 0 Å². The number of ether oxygens (including phenoxy) is 1. The standard InChI is InChI=1S/C17H32N6O2.HI/c1-6-15-14(13-23(5)21-15)11-19-17(18-9-8-10-25-7-2)20-12-16(24)22(3)4;/h13H,6-12H2,1-5H3,(H2,18,19,20);1H. The number of hydrogen-bond donors (Lipinski definition) is 2. The molecule has 0 saturated carbocycles. The minimum atomic E-state index is -0.000517. The first-order chi connectivity index (χ1) is 12.0. The average Bonchev–Trinajstić information content (AvgIpc) is 2.95. The van der Waals surface area contributed by atoms with Gasteiger partial charge in [-0.25, -0.2) is 4.99 Å². The van der Waals surface area contributed by atoms with Gasteiger partial charge in [-0.2, -0.15) is 5.10 Å². The van der Waals surface area contributed by atoms with E-state index in [1.807, 2.05) is 24.9 Å². The Bertz CT molecular complexity index is 559. The van der Waals surface area contributed by atoms with Crippen molar-refractivity contribution in [2.75, 3.05) is 40.4 Å². The molecule has 9 heteroatoms. The molecule has 0 aliphatic heterocycles. The van der Waals surface area contributed by atoms with Gasteiger partial charge in [0.15, 0.2) is 5.96 Å². The number of nitrogens with zero attached hydrogens (tertiary/aromatic N) is 4. The number of guanidine groups is 1. The normalized spacial score (nSPS) is 11.0. The Morgan fingerprint density at radius 1 is 1.35 bits per heavy atom. The molecule has 0 bridgehead atoms. The third-order valence-electron chi connectivity index (χ3n) is 3.60. The highest BCUT2D eigenvalue weighted by Crippen LogP contribution is 2.08. The van der Waals surface area contributed by atoms with Crippen molar-refractivity contribution in [2.45, 2.75) is 33.2 Å². The van der Waals surface area contributed by atoms with Gasteiger partial charge in [-0.05, 0) is 19.8 Å². The number of aryl methyl sites for hydroxylation is 2. The van der Waals surface area contributed by atoms with Crippen molar-refractivity contribution in [1.82, 2.24) is 25.3 Å². The van der Waals surface area contributed by atoms with Gasteiger partial charge in [-0.1, -0.05) is 6.92 Å². The van der Waals surface area contributed by atoms with E-state index in [9.17, 15) is 4.79 Å². The number of carbonyl (C=O) groups excluding carboxylic acids is 1. The van der Waals surface area contributed by atoms with Gasteiger partial charge in [0.05, 0.1) is 18.8 Å². The van der Waals surface area contributed by atoms with Crippen LogP contribution in [0, 0.1) is 0 Å². The summed E-state index contributed by atoms with van der Waals surface area (Å²) in [6.07, 6.45) is 3.73. The first-order valence-corrected chi connectivity index (χ1v) is 8.79. The Hall–Kier alpha value is -1.36. The van der Waals surface area contributed by atoms with E-state index >= 15 is 0 Å². The lowest BCUT2D eigenvalue weighted by molar-refractivity contribution is -0.127. The summed E-state index contributed by atoms with van der Waals surface area (Å²) >= 11 is 0. The van der Waals surface area contributed by atoms with E-state index in [0.29, 0.717) is 19.1 Å². The first-order valence-electron chi connectivity index (χ1n) is 8.79. The monoisotopic (exact) mass is 480 g/mol. The SMILES string of the molecule is CCOCCCNC(=NCc1cn(C)nc1CC)NCC(=O)N(C)C.I. The number of aromatic nitrogens is 2. The maximum atomic E-state index is 11.8. The largest absolute Gasteiger partial charge is 0.382 e. The second-order valence-corrected chi connectivity index (χ2v) is 5.91. The van der Waals surface area contributed by atoms with Crippen LogP contribution in [0.2, 0.25) is 0 Å². The summed E-state index contributed by atoms with van der Waals surface area (Å²) in [6, 6.07) is 0. The molecule has 0 unspecified atom stereocenters. The Morgan fingerprint density at radius 2 is 2.08 bits per heavy atom. The molecular weight excluding hydrogens is 447 g/mol. The van der Waals surface area contributed by atoms with Crippen molar-refractivity contribution < 1.29 is 9.53 Å². The fraction of sp³-hybridized carbons (Fsp3) is 0.706. The molecule has 26 heavy (non-hydrogen) atoms. The average molecular weight is 480 g/mol. The minimum absolute atomic E-state index is 0. The zero-order valence-corrected chi connectivity index (χ0v) is 18.9. The summed E-state index contributed by atoms with van der Waals surface area (Å²) in [5.41, 5.74) is 2.14. The van der Waals surface area contributed by atoms with Gasteiger partial charge in [0.25, 0.3) is 0 Å². The fourth-order valence-corrected chi connectivity index (χ4v) is 2.19. The van der Waals surface area contributed by atoms with Crippen molar-refractivity contribution in [1.29, 1.82) is 0 Å². The number of hydrogen-bond acceptors (Lipinski definition) is 4. The van der Waals surface area contributed by atoms with E-state index in [2.05, 4.69) is 27.6 Å². The summed E-state index contributed by atoms with van der Waals surface area (Å²) in [5, 5.41) is 10.8. The first kappa shape index (κ1) is 24.6. The number of halogens is 1. The van der Waals surface area contributed by atoms with Crippen LogP contribution in [0.15, 0.2) is 11.2 Å². The highest BCUT2D eigenvalue weighted by atomic mass is 127. The molecule has 150 valence electrons. The number of rotatable bonds is 10. The molecule has 1 aromatic rings. The van der Waals surface area contributed by atoms with Gasteiger partial charge in [-0.15, -0.1) is 24.0 Å². The molecule has 8 nitrogen and oxygen atoms in total. The number of likely N-dealkylation sites (N-methyl/N-ethyl adjacent to an activating group) is 1. The van der Waals surface area contributed by atoms with Crippen LogP contribution in [0.1, 0.15) is 31.5 Å². The number of amides is 1.